The third-order valence-corrected chi connectivity index (χ3v) is 6.49. The van der Waals surface area contributed by atoms with Crippen LogP contribution in [0.25, 0.3) is 0 Å². The number of rotatable bonds is 8. The fraction of sp³-hybridized carbons (Fsp3) is 0.500. The van der Waals surface area contributed by atoms with E-state index in [0.29, 0.717) is 29.7 Å². The number of halogens is 2. The topological polar surface area (TPSA) is 75.6 Å². The highest BCUT2D eigenvalue weighted by molar-refractivity contribution is 14.0. The van der Waals surface area contributed by atoms with E-state index < -0.39 is 0 Å². The molecule has 0 bridgehead atoms. The van der Waals surface area contributed by atoms with Crippen LogP contribution in [-0.2, 0) is 10.2 Å². The summed E-state index contributed by atoms with van der Waals surface area (Å²) in [5, 5.41) is 7.43. The number of nitrogens with zero attached hydrogens (tertiary/aromatic N) is 2. The van der Waals surface area contributed by atoms with Crippen molar-refractivity contribution >= 4 is 47.2 Å². The molecule has 2 N–H and O–H groups in total. The number of aliphatic imine (C=N–C) groups is 1. The molecule has 6 nitrogen and oxygen atoms in total. The molecule has 1 atom stereocenters. The maximum atomic E-state index is 13.6. The predicted octanol–water partition coefficient (Wildman–Crippen LogP) is 4.73. The van der Waals surface area contributed by atoms with Crippen LogP contribution in [-0.4, -0.2) is 36.6 Å². The van der Waals surface area contributed by atoms with Gasteiger partial charge in [0.2, 0.25) is 0 Å². The zero-order valence-corrected chi connectivity index (χ0v) is 21.5. The summed E-state index contributed by atoms with van der Waals surface area (Å²) >= 11 is 1.34. The number of carbonyl (C=O) groups excluding carboxylic acids is 1. The summed E-state index contributed by atoms with van der Waals surface area (Å²) in [5.41, 5.74) is 1.60. The summed E-state index contributed by atoms with van der Waals surface area (Å²) in [4.78, 5) is 21.9. The van der Waals surface area contributed by atoms with Crippen molar-refractivity contribution in [1.29, 1.82) is 0 Å². The monoisotopic (exact) mass is 560 g/mol. The number of guanidine groups is 1. The van der Waals surface area contributed by atoms with Gasteiger partial charge in [-0.1, -0.05) is 12.1 Å². The van der Waals surface area contributed by atoms with Gasteiger partial charge in [0.1, 0.15) is 15.7 Å². The molecule has 1 aliphatic rings. The first-order valence-corrected chi connectivity index (χ1v) is 11.2. The third-order valence-electron chi connectivity index (χ3n) is 5.17. The number of esters is 1. The van der Waals surface area contributed by atoms with E-state index in [4.69, 9.17) is 9.73 Å². The molecule has 0 aliphatic heterocycles. The van der Waals surface area contributed by atoms with Crippen LogP contribution in [0.1, 0.15) is 65.6 Å². The molecule has 1 fully saturated rings. The van der Waals surface area contributed by atoms with Crippen molar-refractivity contribution in [2.45, 2.75) is 52.0 Å². The van der Waals surface area contributed by atoms with Gasteiger partial charge >= 0.3 is 5.97 Å². The minimum absolute atomic E-state index is 0. The first-order chi connectivity index (χ1) is 14.4. The second kappa shape index (κ2) is 11.2. The normalized spacial score (nSPS) is 15.6. The van der Waals surface area contributed by atoms with Crippen LogP contribution >= 0.6 is 35.3 Å². The van der Waals surface area contributed by atoms with E-state index in [-0.39, 0.29) is 47.2 Å². The first-order valence-electron chi connectivity index (χ1n) is 10.3. The lowest BCUT2D eigenvalue weighted by Crippen LogP contribution is -2.39. The summed E-state index contributed by atoms with van der Waals surface area (Å²) in [6.45, 7) is 9.24. The number of hydrogen-bond acceptors (Lipinski definition) is 5. The molecule has 2 aromatic rings. The standard InChI is InChI=1S/C22H29FN4O2S.HI/c1-5-24-21(25-13-22(10-11-22)16-8-7-9-17(23)12-16)27-15(4)19-26-14(3)18(30-19)20(28)29-6-2;/h7-9,12,15H,5-6,10-11,13H2,1-4H3,(H2,24,25,27);1H. The van der Waals surface area contributed by atoms with Gasteiger partial charge in [0.05, 0.1) is 24.9 Å². The highest BCUT2D eigenvalue weighted by Crippen LogP contribution is 2.48. The van der Waals surface area contributed by atoms with E-state index in [1.165, 1.54) is 17.4 Å². The van der Waals surface area contributed by atoms with E-state index in [1.807, 2.05) is 26.8 Å². The predicted molar refractivity (Wildman–Crippen MR) is 133 cm³/mol. The Morgan fingerprint density at radius 3 is 2.74 bits per heavy atom. The minimum atomic E-state index is -0.336. The van der Waals surface area contributed by atoms with E-state index >= 15 is 0 Å². The van der Waals surface area contributed by atoms with Crippen molar-refractivity contribution in [3.05, 3.63) is 51.2 Å². The Balaban J connectivity index is 0.00000341. The van der Waals surface area contributed by atoms with Gasteiger partial charge in [-0.2, -0.15) is 0 Å². The molecule has 1 aliphatic carbocycles. The number of aryl methyl sites for hydroxylation is 1. The number of carbonyl (C=O) groups is 1. The Bertz CT molecular complexity index is 930. The maximum Gasteiger partial charge on any atom is 0.350 e. The zero-order valence-electron chi connectivity index (χ0n) is 18.3. The summed E-state index contributed by atoms with van der Waals surface area (Å²) in [5.74, 6) is 0.133. The van der Waals surface area contributed by atoms with Gasteiger partial charge in [-0.25, -0.2) is 14.2 Å². The fourth-order valence-electron chi connectivity index (χ4n) is 3.31. The lowest BCUT2D eigenvalue weighted by molar-refractivity contribution is 0.0531. The van der Waals surface area contributed by atoms with Crippen LogP contribution in [0.5, 0.6) is 0 Å². The second-order valence-corrected chi connectivity index (χ2v) is 8.57. The van der Waals surface area contributed by atoms with E-state index in [0.717, 1.165) is 30.0 Å². The van der Waals surface area contributed by atoms with Gasteiger partial charge in [-0.15, -0.1) is 35.3 Å². The van der Waals surface area contributed by atoms with Gasteiger partial charge < -0.3 is 15.4 Å². The molecule has 9 heteroatoms. The Morgan fingerprint density at radius 2 is 2.13 bits per heavy atom. The van der Waals surface area contributed by atoms with Crippen molar-refractivity contribution in [2.75, 3.05) is 19.7 Å². The average molecular weight is 560 g/mol. The molecule has 1 aromatic heterocycles. The molecule has 0 spiro atoms. The molecule has 31 heavy (non-hydrogen) atoms. The maximum absolute atomic E-state index is 13.6. The Kier molecular flexibility index (Phi) is 9.23. The average Bonchev–Trinajstić information content (AvgIpc) is 3.41. The van der Waals surface area contributed by atoms with E-state index in [9.17, 15) is 9.18 Å². The number of ether oxygens (including phenoxy) is 1. The lowest BCUT2D eigenvalue weighted by atomic mass is 9.96. The summed E-state index contributed by atoms with van der Waals surface area (Å²) in [7, 11) is 0. The second-order valence-electron chi connectivity index (χ2n) is 7.54. The fourth-order valence-corrected chi connectivity index (χ4v) is 4.28. The van der Waals surface area contributed by atoms with Crippen LogP contribution in [0.2, 0.25) is 0 Å². The molecule has 1 aromatic carbocycles. The Morgan fingerprint density at radius 1 is 1.39 bits per heavy atom. The lowest BCUT2D eigenvalue weighted by Gasteiger charge is -2.18. The van der Waals surface area contributed by atoms with Crippen LogP contribution in [0.4, 0.5) is 4.39 Å². The molecule has 1 saturated carbocycles. The first kappa shape index (κ1) is 25.5. The van der Waals surface area contributed by atoms with Gasteiger partial charge in [0.25, 0.3) is 0 Å². The van der Waals surface area contributed by atoms with Gasteiger partial charge in [-0.3, -0.25) is 4.99 Å². The summed E-state index contributed by atoms with van der Waals surface area (Å²) in [6.07, 6.45) is 2.01. The van der Waals surface area contributed by atoms with Crippen molar-refractivity contribution < 1.29 is 13.9 Å². The molecule has 170 valence electrons. The molecule has 1 heterocycles. The number of nitrogens with one attached hydrogen (secondary N) is 2. The summed E-state index contributed by atoms with van der Waals surface area (Å²) < 4.78 is 18.7. The van der Waals surface area contributed by atoms with Gasteiger partial charge in [0.15, 0.2) is 5.96 Å². The molecule has 3 rings (SSSR count). The van der Waals surface area contributed by atoms with Crippen molar-refractivity contribution in [3.63, 3.8) is 0 Å². The van der Waals surface area contributed by atoms with Crippen LogP contribution in [0, 0.1) is 12.7 Å². The SMILES string of the molecule is CCNC(=NCC1(c2cccc(F)c2)CC1)NC(C)c1nc(C)c(C(=O)OCC)s1.I. The highest BCUT2D eigenvalue weighted by Gasteiger charge is 2.44. The number of hydrogen-bond donors (Lipinski definition) is 2. The highest BCUT2D eigenvalue weighted by atomic mass is 127. The van der Waals surface area contributed by atoms with Gasteiger partial charge in [-0.05, 0) is 58.2 Å². The van der Waals surface area contributed by atoms with Crippen LogP contribution in [0.3, 0.4) is 0 Å². The van der Waals surface area contributed by atoms with E-state index in [2.05, 4.69) is 15.6 Å². The minimum Gasteiger partial charge on any atom is -0.462 e. The summed E-state index contributed by atoms with van der Waals surface area (Å²) in [6, 6.07) is 6.69. The Hall–Kier alpha value is -1.75. The third kappa shape index (κ3) is 6.38. The van der Waals surface area contributed by atoms with Crippen LogP contribution < -0.4 is 10.6 Å². The number of thiazole rings is 1. The number of benzene rings is 1. The van der Waals surface area contributed by atoms with Gasteiger partial charge in [0, 0.05) is 12.0 Å². The molecule has 0 saturated heterocycles. The van der Waals surface area contributed by atoms with Crippen molar-refractivity contribution in [3.8, 4) is 0 Å². The van der Waals surface area contributed by atoms with Crippen molar-refractivity contribution in [2.24, 2.45) is 4.99 Å². The Labute approximate surface area is 204 Å². The smallest absolute Gasteiger partial charge is 0.350 e. The quantitative estimate of drug-likeness (QED) is 0.211. The number of aromatic nitrogens is 1. The molecule has 0 amide bonds. The molecule has 0 radical (unpaired) electrons. The zero-order chi connectivity index (χ0) is 21.7. The molecule has 1 unspecified atom stereocenters. The molecular formula is C22H30FIN4O2S. The van der Waals surface area contributed by atoms with Crippen molar-refractivity contribution in [1.82, 2.24) is 15.6 Å². The van der Waals surface area contributed by atoms with Crippen LogP contribution in [0.15, 0.2) is 29.3 Å². The van der Waals surface area contributed by atoms with E-state index in [1.54, 1.807) is 19.1 Å². The largest absolute Gasteiger partial charge is 0.462 e. The molecular weight excluding hydrogens is 530 g/mol.